The van der Waals surface area contributed by atoms with E-state index in [1.165, 1.54) is 24.3 Å². The van der Waals surface area contributed by atoms with Crippen LogP contribution in [0, 0.1) is 0 Å². The molecule has 0 spiro atoms. The lowest BCUT2D eigenvalue weighted by Crippen LogP contribution is -2.07. The van der Waals surface area contributed by atoms with Crippen LogP contribution in [0.5, 0.6) is 5.75 Å². The molecule has 0 heterocycles. The molecular weight excluding hydrogens is 278 g/mol. The largest absolute Gasteiger partial charge is 0.435 e. The molecule has 1 aromatic carbocycles. The predicted molar refractivity (Wildman–Crippen MR) is 66.3 cm³/mol. The molecule has 1 rings (SSSR count). The monoisotopic (exact) mass is 292 g/mol. The number of rotatable bonds is 7. The lowest BCUT2D eigenvalue weighted by Gasteiger charge is -2.06. The Labute approximate surface area is 110 Å². The lowest BCUT2D eigenvalue weighted by atomic mass is 10.1. The molecule has 0 unspecified atom stereocenters. The molecular formula is C12H14F2O4S. The van der Waals surface area contributed by atoms with Crippen LogP contribution in [0.3, 0.4) is 0 Å². The number of benzene rings is 1. The summed E-state index contributed by atoms with van der Waals surface area (Å²) in [5.74, 6) is -0.473. The molecule has 0 N–H and O–H groups in total. The van der Waals surface area contributed by atoms with E-state index in [9.17, 15) is 22.0 Å². The first-order chi connectivity index (χ1) is 8.78. The summed E-state index contributed by atoms with van der Waals surface area (Å²) in [5, 5.41) is 0. The van der Waals surface area contributed by atoms with Crippen LogP contribution in [0.4, 0.5) is 8.78 Å². The van der Waals surface area contributed by atoms with Gasteiger partial charge in [0.25, 0.3) is 0 Å². The highest BCUT2D eigenvalue weighted by molar-refractivity contribution is 7.90. The Kier molecular flexibility index (Phi) is 5.41. The number of hydrogen-bond donors (Lipinski definition) is 0. The molecule has 106 valence electrons. The zero-order valence-electron chi connectivity index (χ0n) is 10.3. The Morgan fingerprint density at radius 1 is 1.37 bits per heavy atom. The van der Waals surface area contributed by atoms with Gasteiger partial charge in [-0.25, -0.2) is 8.42 Å². The molecule has 0 atom stereocenters. The minimum Gasteiger partial charge on any atom is -0.435 e. The highest BCUT2D eigenvalue weighted by Crippen LogP contribution is 2.17. The average Bonchev–Trinajstić information content (AvgIpc) is 2.26. The minimum absolute atomic E-state index is 0.0468. The fourth-order valence-corrected chi connectivity index (χ4v) is 2.15. The Bertz CT molecular complexity index is 540. The molecule has 0 radical (unpaired) electrons. The molecule has 0 aromatic heterocycles. The number of Topliss-reactive ketones (excluding diaryl/α,β-unsaturated/α-hetero) is 1. The zero-order chi connectivity index (χ0) is 14.5. The summed E-state index contributed by atoms with van der Waals surface area (Å²) in [6.45, 7) is -2.95. The molecule has 7 heteroatoms. The quantitative estimate of drug-likeness (QED) is 0.723. The topological polar surface area (TPSA) is 60.4 Å². The Morgan fingerprint density at radius 2 is 2.05 bits per heavy atom. The highest BCUT2D eigenvalue weighted by atomic mass is 32.2. The van der Waals surface area contributed by atoms with E-state index in [0.29, 0.717) is 0 Å². The first kappa shape index (κ1) is 15.6. The van der Waals surface area contributed by atoms with E-state index >= 15 is 0 Å². The van der Waals surface area contributed by atoms with E-state index in [4.69, 9.17) is 0 Å². The summed E-state index contributed by atoms with van der Waals surface area (Å²) in [7, 11) is -3.10. The van der Waals surface area contributed by atoms with Gasteiger partial charge in [0, 0.05) is 18.2 Å². The highest BCUT2D eigenvalue weighted by Gasteiger charge is 2.11. The van der Waals surface area contributed by atoms with Crippen molar-refractivity contribution in [2.45, 2.75) is 19.5 Å². The fraction of sp³-hybridized carbons (Fsp3) is 0.417. The first-order valence-corrected chi connectivity index (χ1v) is 7.60. The van der Waals surface area contributed by atoms with Crippen LogP contribution in [-0.4, -0.2) is 32.8 Å². The fourth-order valence-electron chi connectivity index (χ4n) is 1.48. The molecule has 19 heavy (non-hydrogen) atoms. The lowest BCUT2D eigenvalue weighted by molar-refractivity contribution is -0.0498. The van der Waals surface area contributed by atoms with Crippen molar-refractivity contribution in [3.05, 3.63) is 29.8 Å². The van der Waals surface area contributed by atoms with Gasteiger partial charge >= 0.3 is 6.61 Å². The van der Waals surface area contributed by atoms with Gasteiger partial charge < -0.3 is 4.74 Å². The number of carbonyl (C=O) groups excluding carboxylic acids is 1. The number of alkyl halides is 2. The van der Waals surface area contributed by atoms with Crippen LogP contribution in [0.2, 0.25) is 0 Å². The van der Waals surface area contributed by atoms with Gasteiger partial charge in [-0.3, -0.25) is 4.79 Å². The van der Waals surface area contributed by atoms with E-state index in [2.05, 4.69) is 4.74 Å². The average molecular weight is 292 g/mol. The summed E-state index contributed by atoms with van der Waals surface area (Å²) in [4.78, 5) is 11.7. The molecule has 0 saturated carbocycles. The Balaban J connectivity index is 2.62. The molecule has 0 aliphatic heterocycles. The Hall–Kier alpha value is -1.50. The maximum Gasteiger partial charge on any atom is 0.387 e. The van der Waals surface area contributed by atoms with E-state index in [0.717, 1.165) is 6.26 Å². The third kappa shape index (κ3) is 6.28. The van der Waals surface area contributed by atoms with Crippen molar-refractivity contribution in [1.29, 1.82) is 0 Å². The minimum atomic E-state index is -3.10. The normalized spacial score (nSPS) is 11.6. The van der Waals surface area contributed by atoms with Gasteiger partial charge in [0.1, 0.15) is 15.6 Å². The van der Waals surface area contributed by atoms with Crippen molar-refractivity contribution in [3.8, 4) is 5.75 Å². The zero-order valence-corrected chi connectivity index (χ0v) is 11.1. The second kappa shape index (κ2) is 6.60. The SMILES string of the molecule is CS(=O)(=O)CCCC(=O)c1cccc(OC(F)F)c1. The van der Waals surface area contributed by atoms with E-state index < -0.39 is 16.4 Å². The van der Waals surface area contributed by atoms with E-state index in [-0.39, 0.29) is 35.7 Å². The van der Waals surface area contributed by atoms with Crippen molar-refractivity contribution >= 4 is 15.6 Å². The third-order valence-corrected chi connectivity index (χ3v) is 3.33. The van der Waals surface area contributed by atoms with Crippen LogP contribution < -0.4 is 4.74 Å². The molecule has 0 saturated heterocycles. The van der Waals surface area contributed by atoms with Gasteiger partial charge in [0.2, 0.25) is 0 Å². The maximum atomic E-state index is 12.0. The van der Waals surface area contributed by atoms with Crippen LogP contribution in [0.25, 0.3) is 0 Å². The number of ether oxygens (including phenoxy) is 1. The molecule has 4 nitrogen and oxygen atoms in total. The summed E-state index contributed by atoms with van der Waals surface area (Å²) in [6.07, 6.45) is 1.34. The standard InChI is InChI=1S/C12H14F2O4S/c1-19(16,17)7-3-6-11(15)9-4-2-5-10(8-9)18-12(13)14/h2,4-5,8,12H,3,6-7H2,1H3. The maximum absolute atomic E-state index is 12.0. The second-order valence-electron chi connectivity index (χ2n) is 4.06. The molecule has 0 aliphatic carbocycles. The summed E-state index contributed by atoms with van der Waals surface area (Å²) < 4.78 is 50.0. The van der Waals surface area contributed by atoms with Gasteiger partial charge in [-0.05, 0) is 18.6 Å². The van der Waals surface area contributed by atoms with Crippen LogP contribution in [0.1, 0.15) is 23.2 Å². The van der Waals surface area contributed by atoms with Crippen molar-refractivity contribution in [2.75, 3.05) is 12.0 Å². The molecule has 0 bridgehead atoms. The first-order valence-electron chi connectivity index (χ1n) is 5.54. The number of carbonyl (C=O) groups is 1. The molecule has 0 fully saturated rings. The van der Waals surface area contributed by atoms with Crippen molar-refractivity contribution in [1.82, 2.24) is 0 Å². The van der Waals surface area contributed by atoms with Gasteiger partial charge in [-0.2, -0.15) is 8.78 Å². The predicted octanol–water partition coefficient (Wildman–Crippen LogP) is 2.30. The van der Waals surface area contributed by atoms with Crippen LogP contribution >= 0.6 is 0 Å². The van der Waals surface area contributed by atoms with Crippen molar-refractivity contribution in [3.63, 3.8) is 0 Å². The van der Waals surface area contributed by atoms with Crippen LogP contribution in [0.15, 0.2) is 24.3 Å². The van der Waals surface area contributed by atoms with Crippen LogP contribution in [-0.2, 0) is 9.84 Å². The smallest absolute Gasteiger partial charge is 0.387 e. The van der Waals surface area contributed by atoms with Crippen molar-refractivity contribution in [2.24, 2.45) is 0 Å². The van der Waals surface area contributed by atoms with Gasteiger partial charge in [-0.1, -0.05) is 12.1 Å². The molecule has 1 aromatic rings. The van der Waals surface area contributed by atoms with Gasteiger partial charge in [0.15, 0.2) is 5.78 Å². The number of ketones is 1. The van der Waals surface area contributed by atoms with E-state index in [1.54, 1.807) is 0 Å². The van der Waals surface area contributed by atoms with E-state index in [1.807, 2.05) is 0 Å². The molecule has 0 aliphatic rings. The number of hydrogen-bond acceptors (Lipinski definition) is 4. The Morgan fingerprint density at radius 3 is 2.63 bits per heavy atom. The van der Waals surface area contributed by atoms with Crippen molar-refractivity contribution < 1.29 is 26.7 Å². The summed E-state index contributed by atoms with van der Waals surface area (Å²) in [6, 6.07) is 5.44. The number of sulfone groups is 1. The molecule has 0 amide bonds. The van der Waals surface area contributed by atoms with Gasteiger partial charge in [0.05, 0.1) is 5.75 Å². The number of halogens is 2. The van der Waals surface area contributed by atoms with Gasteiger partial charge in [-0.15, -0.1) is 0 Å². The second-order valence-corrected chi connectivity index (χ2v) is 6.32. The third-order valence-electron chi connectivity index (χ3n) is 2.30. The summed E-state index contributed by atoms with van der Waals surface area (Å²) in [5.41, 5.74) is 0.228. The summed E-state index contributed by atoms with van der Waals surface area (Å²) >= 11 is 0.